The van der Waals surface area contributed by atoms with Crippen LogP contribution in [0.4, 0.5) is 10.2 Å². The molecule has 4 aromatic heterocycles. The van der Waals surface area contributed by atoms with Gasteiger partial charge in [-0.3, -0.25) is 9.78 Å². The van der Waals surface area contributed by atoms with E-state index in [1.54, 1.807) is 19.3 Å². The van der Waals surface area contributed by atoms with Gasteiger partial charge < -0.3 is 14.8 Å². The quantitative estimate of drug-likeness (QED) is 0.497. The minimum Gasteiger partial charge on any atom is -0.493 e. The number of imidazole rings is 1. The number of aromatic hydroxyl groups is 1. The van der Waals surface area contributed by atoms with Crippen LogP contribution in [0, 0.1) is 5.82 Å². The molecule has 5 rings (SSSR count). The van der Waals surface area contributed by atoms with Crippen molar-refractivity contribution in [3.05, 3.63) is 59.7 Å². The van der Waals surface area contributed by atoms with E-state index in [9.17, 15) is 14.3 Å². The molecule has 0 radical (unpaired) electrons. The minimum absolute atomic E-state index is 0.172. The molecule has 1 atom stereocenters. The van der Waals surface area contributed by atoms with Gasteiger partial charge in [0, 0.05) is 18.6 Å². The van der Waals surface area contributed by atoms with Gasteiger partial charge in [-0.1, -0.05) is 13.3 Å². The number of hydrogen-bond donors (Lipinski definition) is 2. The molecule has 0 bridgehead atoms. The van der Waals surface area contributed by atoms with E-state index in [4.69, 9.17) is 0 Å². The third-order valence-corrected chi connectivity index (χ3v) is 5.76. The van der Waals surface area contributed by atoms with Crippen LogP contribution in [-0.4, -0.2) is 40.3 Å². The van der Waals surface area contributed by atoms with Crippen LogP contribution in [0.5, 0.6) is 5.88 Å². The van der Waals surface area contributed by atoms with Gasteiger partial charge in [-0.2, -0.15) is 4.98 Å². The second-order valence-electron chi connectivity index (χ2n) is 7.87. The normalized spacial score (nSPS) is 17.5. The number of rotatable bonds is 5. The summed E-state index contributed by atoms with van der Waals surface area (Å²) in [5.74, 6) is -0.971. The van der Waals surface area contributed by atoms with E-state index in [2.05, 4.69) is 37.2 Å². The van der Waals surface area contributed by atoms with E-state index in [1.165, 1.54) is 12.1 Å². The maximum atomic E-state index is 13.4. The molecule has 4 aromatic rings. The maximum Gasteiger partial charge on any atom is 0.242 e. The van der Waals surface area contributed by atoms with Crippen molar-refractivity contribution in [3.63, 3.8) is 0 Å². The van der Waals surface area contributed by atoms with E-state index in [0.29, 0.717) is 5.69 Å². The zero-order valence-corrected chi connectivity index (χ0v) is 17.5. The van der Waals surface area contributed by atoms with Crippen LogP contribution in [0.3, 0.4) is 0 Å². The van der Waals surface area contributed by atoms with Crippen LogP contribution >= 0.6 is 0 Å². The Morgan fingerprint density at radius 1 is 1.22 bits per heavy atom. The molecular formula is C22H20FN7O2. The van der Waals surface area contributed by atoms with Crippen LogP contribution in [0.1, 0.15) is 43.6 Å². The number of nitrogens with one attached hydrogen (secondary N) is 1. The largest absolute Gasteiger partial charge is 0.493 e. The zero-order valence-electron chi connectivity index (χ0n) is 17.5. The molecule has 0 aromatic carbocycles. The van der Waals surface area contributed by atoms with Crippen LogP contribution in [-0.2, 0) is 16.6 Å². The summed E-state index contributed by atoms with van der Waals surface area (Å²) in [4.78, 5) is 34.7. The van der Waals surface area contributed by atoms with Crippen molar-refractivity contribution in [2.24, 2.45) is 0 Å². The number of nitrogens with zero attached hydrogens (tertiary/aromatic N) is 6. The molecule has 0 aliphatic carbocycles. The SMILES string of the molecule is CCCCc1nc(-c2nc(O)c3c(n2)NC(=O)C3(C)c2ccc(F)cn2)cn2ccnc12. The summed E-state index contributed by atoms with van der Waals surface area (Å²) >= 11 is 0. The summed E-state index contributed by atoms with van der Waals surface area (Å²) in [5.41, 5.74) is 1.13. The van der Waals surface area contributed by atoms with Crippen molar-refractivity contribution in [3.8, 4) is 17.4 Å². The molecule has 1 unspecified atom stereocenters. The highest BCUT2D eigenvalue weighted by Crippen LogP contribution is 2.45. The van der Waals surface area contributed by atoms with E-state index in [-0.39, 0.29) is 28.8 Å². The van der Waals surface area contributed by atoms with Crippen LogP contribution in [0.15, 0.2) is 36.9 Å². The number of carbonyl (C=O) groups is 1. The first-order valence-electron chi connectivity index (χ1n) is 10.3. The Bertz CT molecular complexity index is 1350. The minimum atomic E-state index is -1.36. The molecule has 10 heteroatoms. The predicted octanol–water partition coefficient (Wildman–Crippen LogP) is 3.03. The van der Waals surface area contributed by atoms with E-state index < -0.39 is 17.1 Å². The highest BCUT2D eigenvalue weighted by molar-refractivity contribution is 6.08. The summed E-state index contributed by atoms with van der Waals surface area (Å²) < 4.78 is 15.2. The van der Waals surface area contributed by atoms with E-state index in [0.717, 1.165) is 36.8 Å². The molecule has 1 aliphatic rings. The van der Waals surface area contributed by atoms with Crippen molar-refractivity contribution in [2.75, 3.05) is 5.32 Å². The van der Waals surface area contributed by atoms with Crippen molar-refractivity contribution in [1.29, 1.82) is 0 Å². The van der Waals surface area contributed by atoms with Crippen LogP contribution in [0.2, 0.25) is 0 Å². The summed E-state index contributed by atoms with van der Waals surface area (Å²) in [6.07, 6.45) is 8.97. The second-order valence-corrected chi connectivity index (χ2v) is 7.87. The topological polar surface area (TPSA) is 118 Å². The molecule has 1 amide bonds. The van der Waals surface area contributed by atoms with Crippen molar-refractivity contribution < 1.29 is 14.3 Å². The molecule has 0 saturated carbocycles. The molecule has 0 saturated heterocycles. The number of fused-ring (bicyclic) bond motifs is 2. The Kier molecular flexibility index (Phi) is 4.58. The smallest absolute Gasteiger partial charge is 0.242 e. The molecule has 2 N–H and O–H groups in total. The first kappa shape index (κ1) is 20.0. The van der Waals surface area contributed by atoms with Crippen LogP contribution in [0.25, 0.3) is 17.2 Å². The number of carbonyl (C=O) groups excluding carboxylic acids is 1. The molecule has 162 valence electrons. The summed E-state index contributed by atoms with van der Waals surface area (Å²) in [5, 5.41) is 13.5. The zero-order chi connectivity index (χ0) is 22.5. The molecular weight excluding hydrogens is 413 g/mol. The fourth-order valence-corrected chi connectivity index (χ4v) is 3.99. The lowest BCUT2D eigenvalue weighted by Gasteiger charge is -2.21. The number of pyridine rings is 1. The Hall–Kier alpha value is -3.95. The molecule has 1 aliphatic heterocycles. The lowest BCUT2D eigenvalue weighted by molar-refractivity contribution is -0.119. The molecule has 9 nitrogen and oxygen atoms in total. The van der Waals surface area contributed by atoms with Gasteiger partial charge in [0.15, 0.2) is 11.5 Å². The lowest BCUT2D eigenvalue weighted by atomic mass is 9.81. The Morgan fingerprint density at radius 3 is 2.81 bits per heavy atom. The number of aryl methyl sites for hydroxylation is 1. The Balaban J connectivity index is 1.63. The van der Waals surface area contributed by atoms with Gasteiger partial charge in [-0.05, 0) is 31.9 Å². The fraction of sp³-hybridized carbons (Fsp3) is 0.273. The third-order valence-electron chi connectivity index (χ3n) is 5.76. The second kappa shape index (κ2) is 7.33. The van der Waals surface area contributed by atoms with Crippen molar-refractivity contribution in [1.82, 2.24) is 29.3 Å². The van der Waals surface area contributed by atoms with Gasteiger partial charge in [0.1, 0.15) is 22.7 Å². The third kappa shape index (κ3) is 2.98. The summed E-state index contributed by atoms with van der Waals surface area (Å²) in [7, 11) is 0. The molecule has 32 heavy (non-hydrogen) atoms. The number of anilines is 1. The van der Waals surface area contributed by atoms with E-state index >= 15 is 0 Å². The summed E-state index contributed by atoms with van der Waals surface area (Å²) in [6, 6.07) is 2.62. The standard InChI is InChI=1S/C22H20FN7O2/c1-3-4-5-13-19-24-8-9-30(19)11-14(26-13)17-27-18-16(20(31)28-17)22(2,21(32)29-18)15-7-6-12(23)10-25-15/h6-11H,3-5H2,1-2H3,(H2,27,28,29,31,32). The van der Waals surface area contributed by atoms with Gasteiger partial charge in [-0.15, -0.1) is 0 Å². The van der Waals surface area contributed by atoms with Gasteiger partial charge in [0.25, 0.3) is 0 Å². The number of aromatic nitrogens is 6. The number of hydrogen-bond acceptors (Lipinski definition) is 7. The average molecular weight is 433 g/mol. The fourth-order valence-electron chi connectivity index (χ4n) is 3.99. The number of unbranched alkanes of at least 4 members (excludes halogenated alkanes) is 1. The molecule has 0 spiro atoms. The molecule has 5 heterocycles. The maximum absolute atomic E-state index is 13.4. The lowest BCUT2D eigenvalue weighted by Crippen LogP contribution is -2.33. The summed E-state index contributed by atoms with van der Waals surface area (Å²) in [6.45, 7) is 3.69. The van der Waals surface area contributed by atoms with E-state index in [1.807, 2.05) is 10.6 Å². The van der Waals surface area contributed by atoms with Crippen molar-refractivity contribution >= 4 is 17.4 Å². The Labute approximate surface area is 182 Å². The van der Waals surface area contributed by atoms with Gasteiger partial charge in [0.2, 0.25) is 11.8 Å². The first-order valence-corrected chi connectivity index (χ1v) is 10.3. The first-order chi connectivity index (χ1) is 15.4. The number of halogens is 1. The average Bonchev–Trinajstić information content (AvgIpc) is 3.35. The monoisotopic (exact) mass is 433 g/mol. The number of amides is 1. The van der Waals surface area contributed by atoms with Gasteiger partial charge in [-0.25, -0.2) is 19.3 Å². The highest BCUT2D eigenvalue weighted by atomic mass is 19.1. The predicted molar refractivity (Wildman–Crippen MR) is 114 cm³/mol. The van der Waals surface area contributed by atoms with Gasteiger partial charge >= 0.3 is 0 Å². The highest BCUT2D eigenvalue weighted by Gasteiger charge is 2.49. The van der Waals surface area contributed by atoms with Gasteiger partial charge in [0.05, 0.1) is 23.1 Å². The van der Waals surface area contributed by atoms with Crippen molar-refractivity contribution in [2.45, 2.75) is 38.5 Å². The Morgan fingerprint density at radius 2 is 2.06 bits per heavy atom. The van der Waals surface area contributed by atoms with Crippen LogP contribution < -0.4 is 5.32 Å². The molecule has 0 fully saturated rings.